The Hall–Kier alpha value is -3.17. The van der Waals surface area contributed by atoms with E-state index in [0.717, 1.165) is 12.6 Å². The summed E-state index contributed by atoms with van der Waals surface area (Å²) in [6, 6.07) is 6.61. The van der Waals surface area contributed by atoms with E-state index in [9.17, 15) is 22.8 Å². The molecule has 0 bridgehead atoms. The van der Waals surface area contributed by atoms with Gasteiger partial charge in [-0.2, -0.15) is 13.2 Å². The van der Waals surface area contributed by atoms with Gasteiger partial charge < -0.3 is 16.0 Å². The number of aromatic nitrogens is 2. The minimum Gasteiger partial charge on any atom is -0.354 e. The van der Waals surface area contributed by atoms with Gasteiger partial charge in [0.15, 0.2) is 0 Å². The lowest BCUT2D eigenvalue weighted by molar-refractivity contribution is -0.138. The molecule has 1 saturated carbocycles. The van der Waals surface area contributed by atoms with Crippen molar-refractivity contribution in [2.24, 2.45) is 11.8 Å². The lowest BCUT2D eigenvalue weighted by Crippen LogP contribution is -2.37. The second-order valence-corrected chi connectivity index (χ2v) is 8.60. The van der Waals surface area contributed by atoms with Crippen LogP contribution >= 0.6 is 0 Å². The number of benzene rings is 1. The fourth-order valence-corrected chi connectivity index (χ4v) is 4.11. The van der Waals surface area contributed by atoms with Gasteiger partial charge in [0.1, 0.15) is 0 Å². The standard InChI is InChI=1S/C23H28F3N5O2/c1-13(2)28-21(33)18-6-4-5-15(18)11-20-19(23(24,25)26)12-27-22(31-20)30-17-9-7-16(8-10-17)29-14(3)32/h7-10,12-13,15,18H,4-6,11H2,1-3H3,(H,28,33)(H,29,32)(H,27,30,31)/t15-,18-/m0/s1. The normalized spacial score (nSPS) is 18.3. The molecule has 0 aliphatic heterocycles. The molecule has 0 spiro atoms. The summed E-state index contributed by atoms with van der Waals surface area (Å²) in [5, 5.41) is 8.42. The van der Waals surface area contributed by atoms with Gasteiger partial charge in [-0.05, 0) is 63.3 Å². The van der Waals surface area contributed by atoms with E-state index in [1.54, 1.807) is 24.3 Å². The highest BCUT2D eigenvalue weighted by Gasteiger charge is 2.39. The van der Waals surface area contributed by atoms with Crippen LogP contribution in [-0.4, -0.2) is 27.8 Å². The van der Waals surface area contributed by atoms with E-state index in [1.807, 2.05) is 13.8 Å². The maximum absolute atomic E-state index is 13.6. The molecule has 3 N–H and O–H groups in total. The van der Waals surface area contributed by atoms with Crippen LogP contribution in [0.2, 0.25) is 0 Å². The number of hydrogen-bond donors (Lipinski definition) is 3. The maximum Gasteiger partial charge on any atom is 0.419 e. The molecule has 0 radical (unpaired) electrons. The Morgan fingerprint density at radius 2 is 1.79 bits per heavy atom. The highest BCUT2D eigenvalue weighted by atomic mass is 19.4. The van der Waals surface area contributed by atoms with E-state index < -0.39 is 11.7 Å². The lowest BCUT2D eigenvalue weighted by Gasteiger charge is -2.22. The summed E-state index contributed by atoms with van der Waals surface area (Å²) in [5.41, 5.74) is 0.145. The van der Waals surface area contributed by atoms with Gasteiger partial charge in [-0.3, -0.25) is 9.59 Å². The average Bonchev–Trinajstić information content (AvgIpc) is 3.16. The molecule has 2 aromatic rings. The monoisotopic (exact) mass is 463 g/mol. The first-order chi connectivity index (χ1) is 15.5. The van der Waals surface area contributed by atoms with Crippen molar-refractivity contribution >= 4 is 29.1 Å². The van der Waals surface area contributed by atoms with Gasteiger partial charge in [0.25, 0.3) is 0 Å². The molecule has 1 aromatic carbocycles. The van der Waals surface area contributed by atoms with Crippen molar-refractivity contribution in [3.63, 3.8) is 0 Å². The molecule has 2 atom stereocenters. The number of alkyl halides is 3. The van der Waals surface area contributed by atoms with Crippen LogP contribution in [-0.2, 0) is 22.2 Å². The number of nitrogens with one attached hydrogen (secondary N) is 3. The molecule has 0 saturated heterocycles. The molecule has 10 heteroatoms. The highest BCUT2D eigenvalue weighted by Crippen LogP contribution is 2.38. The molecule has 0 unspecified atom stereocenters. The van der Waals surface area contributed by atoms with Crippen molar-refractivity contribution in [2.45, 2.75) is 58.7 Å². The molecule has 1 fully saturated rings. The zero-order valence-electron chi connectivity index (χ0n) is 18.8. The molecule has 33 heavy (non-hydrogen) atoms. The summed E-state index contributed by atoms with van der Waals surface area (Å²) in [4.78, 5) is 31.7. The van der Waals surface area contributed by atoms with Crippen LogP contribution in [0.25, 0.3) is 0 Å². The first-order valence-electron chi connectivity index (χ1n) is 10.9. The topological polar surface area (TPSA) is 96.0 Å². The van der Waals surface area contributed by atoms with Crippen molar-refractivity contribution in [3.8, 4) is 0 Å². The Balaban J connectivity index is 1.82. The first kappa shape index (κ1) is 24.5. The van der Waals surface area contributed by atoms with E-state index in [4.69, 9.17) is 0 Å². The summed E-state index contributed by atoms with van der Waals surface area (Å²) >= 11 is 0. The summed E-state index contributed by atoms with van der Waals surface area (Å²) in [6.07, 6.45) is -1.65. The molecule has 1 aliphatic rings. The quantitative estimate of drug-likeness (QED) is 0.554. The summed E-state index contributed by atoms with van der Waals surface area (Å²) in [7, 11) is 0. The third-order valence-corrected chi connectivity index (χ3v) is 5.52. The van der Waals surface area contributed by atoms with Crippen molar-refractivity contribution in [1.29, 1.82) is 0 Å². The Morgan fingerprint density at radius 3 is 2.39 bits per heavy atom. The van der Waals surface area contributed by atoms with Gasteiger partial charge in [-0.1, -0.05) is 6.42 Å². The Kier molecular flexibility index (Phi) is 7.55. The molecule has 1 heterocycles. The molecular formula is C23H28F3N5O2. The van der Waals surface area contributed by atoms with Gasteiger partial charge >= 0.3 is 6.18 Å². The molecule has 178 valence electrons. The fraction of sp³-hybridized carbons (Fsp3) is 0.478. The summed E-state index contributed by atoms with van der Waals surface area (Å²) in [5.74, 6) is -0.844. The highest BCUT2D eigenvalue weighted by molar-refractivity contribution is 5.88. The van der Waals surface area contributed by atoms with E-state index in [0.29, 0.717) is 24.2 Å². The van der Waals surface area contributed by atoms with E-state index in [2.05, 4.69) is 25.9 Å². The van der Waals surface area contributed by atoms with E-state index >= 15 is 0 Å². The fourth-order valence-electron chi connectivity index (χ4n) is 4.11. The number of rotatable bonds is 7. The summed E-state index contributed by atoms with van der Waals surface area (Å²) in [6.45, 7) is 5.11. The predicted molar refractivity (Wildman–Crippen MR) is 119 cm³/mol. The largest absolute Gasteiger partial charge is 0.419 e. The van der Waals surface area contributed by atoms with Gasteiger partial charge in [-0.25, -0.2) is 9.97 Å². The summed E-state index contributed by atoms with van der Waals surface area (Å²) < 4.78 is 40.9. The molecule has 2 amide bonds. The van der Waals surface area contributed by atoms with Crippen molar-refractivity contribution < 1.29 is 22.8 Å². The van der Waals surface area contributed by atoms with Gasteiger partial charge in [0.2, 0.25) is 17.8 Å². The Bertz CT molecular complexity index is 993. The molecule has 1 aliphatic carbocycles. The van der Waals surface area contributed by atoms with E-state index in [-0.39, 0.29) is 47.8 Å². The molecule has 3 rings (SSSR count). The van der Waals surface area contributed by atoms with Crippen molar-refractivity contribution in [1.82, 2.24) is 15.3 Å². The number of hydrogen-bond acceptors (Lipinski definition) is 5. The van der Waals surface area contributed by atoms with Crippen LogP contribution in [0.5, 0.6) is 0 Å². The second kappa shape index (κ2) is 10.2. The van der Waals surface area contributed by atoms with Crippen LogP contribution in [0.1, 0.15) is 51.3 Å². The zero-order valence-corrected chi connectivity index (χ0v) is 18.8. The van der Waals surface area contributed by atoms with Gasteiger partial charge in [0, 0.05) is 36.5 Å². The third kappa shape index (κ3) is 6.66. The van der Waals surface area contributed by atoms with Crippen LogP contribution in [0.15, 0.2) is 30.5 Å². The minimum absolute atomic E-state index is 0.0311. The zero-order chi connectivity index (χ0) is 24.2. The Morgan fingerprint density at radius 1 is 1.12 bits per heavy atom. The van der Waals surface area contributed by atoms with Gasteiger partial charge in [0.05, 0.1) is 11.3 Å². The number of anilines is 3. The first-order valence-corrected chi connectivity index (χ1v) is 10.9. The number of carbonyl (C=O) groups excluding carboxylic acids is 2. The minimum atomic E-state index is -4.60. The van der Waals surface area contributed by atoms with Crippen LogP contribution in [0, 0.1) is 11.8 Å². The van der Waals surface area contributed by atoms with Crippen LogP contribution in [0.3, 0.4) is 0 Å². The number of amides is 2. The lowest BCUT2D eigenvalue weighted by atomic mass is 9.89. The average molecular weight is 464 g/mol. The number of nitrogens with zero attached hydrogens (tertiary/aromatic N) is 2. The molecule has 7 nitrogen and oxygen atoms in total. The van der Waals surface area contributed by atoms with Gasteiger partial charge in [-0.15, -0.1) is 0 Å². The Labute approximate surface area is 190 Å². The third-order valence-electron chi connectivity index (χ3n) is 5.52. The number of carbonyl (C=O) groups is 2. The molecular weight excluding hydrogens is 435 g/mol. The number of halogens is 3. The SMILES string of the molecule is CC(=O)Nc1ccc(Nc2ncc(C(F)(F)F)c(C[C@@H]3CCC[C@@H]3C(=O)NC(C)C)n2)cc1. The molecule has 1 aromatic heterocycles. The van der Waals surface area contributed by atoms with Crippen molar-refractivity contribution in [3.05, 3.63) is 41.7 Å². The van der Waals surface area contributed by atoms with E-state index in [1.165, 1.54) is 6.92 Å². The second-order valence-electron chi connectivity index (χ2n) is 8.60. The van der Waals surface area contributed by atoms with Crippen LogP contribution < -0.4 is 16.0 Å². The van der Waals surface area contributed by atoms with Crippen LogP contribution in [0.4, 0.5) is 30.5 Å². The predicted octanol–water partition coefficient (Wildman–Crippen LogP) is 4.68. The maximum atomic E-state index is 13.6. The smallest absolute Gasteiger partial charge is 0.354 e. The van der Waals surface area contributed by atoms with Crippen molar-refractivity contribution in [2.75, 3.05) is 10.6 Å².